The van der Waals surface area contributed by atoms with Gasteiger partial charge in [0.05, 0.1) is 66.0 Å². The van der Waals surface area contributed by atoms with Crippen LogP contribution in [0.1, 0.15) is 33.2 Å². The summed E-state index contributed by atoms with van der Waals surface area (Å²) in [6, 6.07) is 3.99. The highest BCUT2D eigenvalue weighted by atomic mass is 79.9. The monoisotopic (exact) mass is 812 g/mol. The standard InChI is InChI=1S/C22H8Br4O2S6/c1-5(27)7-3-9-15(29-7)11(23)17(31-9)19-13(25)21-22(33-19)14(26)20(34-21)18-12(24)16-10(32-18)4-8(30-16)6(2)28/h3-4H,1-2H3. The second kappa shape index (κ2) is 8.92. The Morgan fingerprint density at radius 2 is 0.853 bits per heavy atom. The van der Waals surface area contributed by atoms with Crippen molar-refractivity contribution in [1.29, 1.82) is 0 Å². The highest BCUT2D eigenvalue weighted by Crippen LogP contribution is 2.58. The van der Waals surface area contributed by atoms with Crippen LogP contribution in [-0.4, -0.2) is 11.6 Å². The molecule has 0 aliphatic carbocycles. The number of thiophene rings is 6. The number of halogens is 4. The normalized spacial score (nSPS) is 12.1. The van der Waals surface area contributed by atoms with Gasteiger partial charge in [0.2, 0.25) is 0 Å². The summed E-state index contributed by atoms with van der Waals surface area (Å²) in [4.78, 5) is 29.9. The number of Topliss-reactive ketones (excluding diaryl/α,β-unsaturated/α-hetero) is 2. The van der Waals surface area contributed by atoms with E-state index in [4.69, 9.17) is 0 Å². The molecular weight excluding hydrogens is 808 g/mol. The van der Waals surface area contributed by atoms with Gasteiger partial charge >= 0.3 is 0 Å². The van der Waals surface area contributed by atoms with Crippen LogP contribution in [0.15, 0.2) is 30.0 Å². The van der Waals surface area contributed by atoms with Crippen molar-refractivity contribution >= 4 is 172 Å². The van der Waals surface area contributed by atoms with Crippen molar-refractivity contribution in [2.24, 2.45) is 0 Å². The lowest BCUT2D eigenvalue weighted by Crippen LogP contribution is -1.83. The topological polar surface area (TPSA) is 34.1 Å². The maximum atomic E-state index is 11.8. The van der Waals surface area contributed by atoms with Gasteiger partial charge in [0.15, 0.2) is 11.6 Å². The molecule has 6 aromatic rings. The number of carbonyl (C=O) groups is 2. The molecule has 6 aromatic heterocycles. The SMILES string of the molecule is CC(=O)c1cc2sc(-c3sc4c(Br)c(-c5sc6cc(C(C)=O)sc6c5Br)sc4c3Br)c(Br)c2s1. The summed E-state index contributed by atoms with van der Waals surface area (Å²) >= 11 is 25.4. The number of fused-ring (bicyclic) bond motifs is 3. The van der Waals surface area contributed by atoms with Crippen molar-refractivity contribution in [2.75, 3.05) is 0 Å². The van der Waals surface area contributed by atoms with Crippen LogP contribution in [0.25, 0.3) is 47.7 Å². The maximum Gasteiger partial charge on any atom is 0.169 e. The number of hydrogen-bond acceptors (Lipinski definition) is 8. The Morgan fingerprint density at radius 1 is 0.529 bits per heavy atom. The van der Waals surface area contributed by atoms with Crippen molar-refractivity contribution in [3.63, 3.8) is 0 Å². The summed E-state index contributed by atoms with van der Waals surface area (Å²) in [5.41, 5.74) is 0. The van der Waals surface area contributed by atoms with Gasteiger partial charge in [0.25, 0.3) is 0 Å². The zero-order valence-electron chi connectivity index (χ0n) is 16.9. The minimum absolute atomic E-state index is 0.105. The first-order chi connectivity index (χ1) is 16.2. The fourth-order valence-electron chi connectivity index (χ4n) is 3.53. The van der Waals surface area contributed by atoms with Crippen LogP contribution in [0.2, 0.25) is 0 Å². The van der Waals surface area contributed by atoms with Gasteiger partial charge in [0, 0.05) is 9.40 Å². The number of carbonyl (C=O) groups excluding carboxylic acids is 2. The molecular formula is C22H8Br4O2S6. The largest absolute Gasteiger partial charge is 0.294 e. The summed E-state index contributed by atoms with van der Waals surface area (Å²) in [6.45, 7) is 3.22. The molecule has 0 bridgehead atoms. The van der Waals surface area contributed by atoms with Crippen molar-refractivity contribution in [2.45, 2.75) is 13.8 Å². The van der Waals surface area contributed by atoms with E-state index < -0.39 is 0 Å². The van der Waals surface area contributed by atoms with E-state index in [2.05, 4.69) is 63.7 Å². The first-order valence-corrected chi connectivity index (χ1v) is 17.6. The molecule has 34 heavy (non-hydrogen) atoms. The molecule has 0 unspecified atom stereocenters. The molecule has 6 heterocycles. The summed E-state index contributed by atoms with van der Waals surface area (Å²) in [6.07, 6.45) is 0. The highest BCUT2D eigenvalue weighted by Gasteiger charge is 2.26. The molecule has 0 spiro atoms. The molecule has 0 aliphatic heterocycles. The van der Waals surface area contributed by atoms with Gasteiger partial charge in [0.1, 0.15) is 0 Å². The van der Waals surface area contributed by atoms with E-state index in [1.165, 1.54) is 28.9 Å². The average Bonchev–Trinajstić information content (AvgIpc) is 3.58. The third kappa shape index (κ3) is 3.70. The smallest absolute Gasteiger partial charge is 0.169 e. The molecule has 0 atom stereocenters. The predicted molar refractivity (Wildman–Crippen MR) is 168 cm³/mol. The third-order valence-electron chi connectivity index (χ3n) is 5.14. The van der Waals surface area contributed by atoms with Crippen LogP contribution < -0.4 is 0 Å². The van der Waals surface area contributed by atoms with E-state index in [0.717, 1.165) is 46.4 Å². The van der Waals surface area contributed by atoms with Crippen LogP contribution in [0.3, 0.4) is 0 Å². The third-order valence-corrected chi connectivity index (χ3v) is 18.3. The molecule has 0 radical (unpaired) electrons. The minimum atomic E-state index is 0.105. The molecule has 0 aliphatic rings. The molecule has 172 valence electrons. The number of rotatable bonds is 4. The van der Waals surface area contributed by atoms with E-state index in [0.29, 0.717) is 0 Å². The quantitative estimate of drug-likeness (QED) is 0.166. The molecule has 0 amide bonds. The number of ketones is 2. The van der Waals surface area contributed by atoms with Crippen LogP contribution in [0.5, 0.6) is 0 Å². The second-order valence-corrected chi connectivity index (χ2v) is 16.8. The average molecular weight is 816 g/mol. The molecule has 0 fully saturated rings. The van der Waals surface area contributed by atoms with E-state index in [-0.39, 0.29) is 11.6 Å². The summed E-state index contributed by atoms with van der Waals surface area (Å²) in [5, 5.41) is 0. The minimum Gasteiger partial charge on any atom is -0.294 e. The second-order valence-electron chi connectivity index (χ2n) is 7.36. The maximum absolute atomic E-state index is 11.8. The summed E-state index contributed by atoms with van der Waals surface area (Å²) in [7, 11) is 0. The summed E-state index contributed by atoms with van der Waals surface area (Å²) < 4.78 is 11.2. The zero-order chi connectivity index (χ0) is 24.0. The van der Waals surface area contributed by atoms with Crippen LogP contribution in [0.4, 0.5) is 0 Å². The molecule has 0 saturated heterocycles. The molecule has 0 N–H and O–H groups in total. The van der Waals surface area contributed by atoms with Crippen molar-refractivity contribution in [3.8, 4) is 19.5 Å². The Labute approximate surface area is 251 Å². The Hall–Kier alpha value is 0.240. The molecule has 6 rings (SSSR count). The van der Waals surface area contributed by atoms with Gasteiger partial charge in [-0.05, 0) is 89.7 Å². The van der Waals surface area contributed by atoms with Crippen molar-refractivity contribution < 1.29 is 9.59 Å². The fourth-order valence-corrected chi connectivity index (χ4v) is 15.5. The molecule has 2 nitrogen and oxygen atoms in total. The van der Waals surface area contributed by atoms with Gasteiger partial charge in [-0.2, -0.15) is 0 Å². The van der Waals surface area contributed by atoms with Crippen molar-refractivity contribution in [3.05, 3.63) is 39.8 Å². The molecule has 12 heteroatoms. The van der Waals surface area contributed by atoms with Gasteiger partial charge in [-0.25, -0.2) is 0 Å². The van der Waals surface area contributed by atoms with Gasteiger partial charge in [-0.3, -0.25) is 9.59 Å². The molecule has 0 aromatic carbocycles. The Kier molecular flexibility index (Phi) is 6.45. The number of hydrogen-bond donors (Lipinski definition) is 0. The summed E-state index contributed by atoms with van der Waals surface area (Å²) in [5.74, 6) is 0.210. The van der Waals surface area contributed by atoms with Crippen LogP contribution in [-0.2, 0) is 0 Å². The zero-order valence-corrected chi connectivity index (χ0v) is 28.2. The van der Waals surface area contributed by atoms with E-state index in [9.17, 15) is 9.59 Å². The first kappa shape index (κ1) is 24.6. The van der Waals surface area contributed by atoms with E-state index >= 15 is 0 Å². The lowest BCUT2D eigenvalue weighted by Gasteiger charge is -1.99. The van der Waals surface area contributed by atoms with Crippen LogP contribution in [0, 0.1) is 0 Å². The van der Waals surface area contributed by atoms with Gasteiger partial charge in [-0.15, -0.1) is 68.0 Å². The fraction of sp³-hybridized carbons (Fsp3) is 0.0909. The van der Waals surface area contributed by atoms with Crippen molar-refractivity contribution in [1.82, 2.24) is 0 Å². The predicted octanol–water partition coefficient (Wildman–Crippen LogP) is 12.3. The lowest BCUT2D eigenvalue weighted by atomic mass is 10.3. The van der Waals surface area contributed by atoms with Gasteiger partial charge < -0.3 is 0 Å². The lowest BCUT2D eigenvalue weighted by molar-refractivity contribution is 0.101. The molecule has 0 saturated carbocycles. The highest BCUT2D eigenvalue weighted by molar-refractivity contribution is 9.11. The van der Waals surface area contributed by atoms with Gasteiger partial charge in [-0.1, -0.05) is 0 Å². The van der Waals surface area contributed by atoms with E-state index in [1.807, 2.05) is 12.1 Å². The van der Waals surface area contributed by atoms with E-state index in [1.54, 1.807) is 81.9 Å². The Balaban J connectivity index is 1.47. The Bertz CT molecular complexity index is 1690. The first-order valence-electron chi connectivity index (χ1n) is 9.52. The Morgan fingerprint density at radius 3 is 1.18 bits per heavy atom. The van der Waals surface area contributed by atoms with Crippen LogP contribution >= 0.6 is 132 Å².